The van der Waals surface area contributed by atoms with Crippen LogP contribution in [0.4, 0.5) is 8.78 Å². The molecule has 6 nitrogen and oxygen atoms in total. The summed E-state index contributed by atoms with van der Waals surface area (Å²) in [7, 11) is 0. The lowest BCUT2D eigenvalue weighted by Crippen LogP contribution is -2.34. The lowest BCUT2D eigenvalue weighted by Gasteiger charge is -2.12. The Kier molecular flexibility index (Phi) is 7.30. The van der Waals surface area contributed by atoms with Gasteiger partial charge in [-0.2, -0.15) is 4.39 Å². The van der Waals surface area contributed by atoms with Crippen LogP contribution in [0.1, 0.15) is 30.7 Å². The van der Waals surface area contributed by atoms with Crippen molar-refractivity contribution in [1.29, 1.82) is 0 Å². The summed E-state index contributed by atoms with van der Waals surface area (Å²) in [6, 6.07) is 2.42. The fourth-order valence-corrected chi connectivity index (χ4v) is 4.00. The number of aryl methyl sites for hydroxylation is 1. The highest BCUT2D eigenvalue weighted by molar-refractivity contribution is 7.09. The van der Waals surface area contributed by atoms with Gasteiger partial charge in [0.1, 0.15) is 0 Å². The van der Waals surface area contributed by atoms with Crippen molar-refractivity contribution in [2.24, 2.45) is 11.8 Å². The number of nitrogens with one attached hydrogen (secondary N) is 1. The summed E-state index contributed by atoms with van der Waals surface area (Å²) in [5.74, 6) is 2.40. The molecule has 1 amide bonds. The van der Waals surface area contributed by atoms with Crippen molar-refractivity contribution in [2.45, 2.75) is 32.1 Å². The van der Waals surface area contributed by atoms with Crippen LogP contribution < -0.4 is 16.0 Å². The summed E-state index contributed by atoms with van der Waals surface area (Å²) < 4.78 is 38.5. The molecule has 0 spiro atoms. The predicted octanol–water partition coefficient (Wildman–Crippen LogP) is 3.21. The molecule has 1 saturated heterocycles. The van der Waals surface area contributed by atoms with Crippen molar-refractivity contribution in [3.8, 4) is 17.0 Å². The van der Waals surface area contributed by atoms with Crippen molar-refractivity contribution in [1.82, 2.24) is 10.4 Å². The number of thiazole rings is 1. The standard InChI is InChI=1S/C19H23F2N3O3S/c20-14-5-4-13(19(18(14)21)27-10-16(25)24-22)15-11-28-17(23-15)6-3-12-2-1-8-26-9-7-12/h4-5,11-12H,1-3,6-10,22H2,(H,24,25). The minimum Gasteiger partial charge on any atom is -0.480 e. The molecule has 0 bridgehead atoms. The van der Waals surface area contributed by atoms with Gasteiger partial charge in [-0.15, -0.1) is 11.3 Å². The maximum absolute atomic E-state index is 14.2. The van der Waals surface area contributed by atoms with E-state index in [0.717, 1.165) is 56.4 Å². The van der Waals surface area contributed by atoms with Crippen LogP contribution in [-0.2, 0) is 16.0 Å². The van der Waals surface area contributed by atoms with Crippen LogP contribution in [0, 0.1) is 17.6 Å². The molecule has 1 aliphatic rings. The number of carbonyl (C=O) groups is 1. The lowest BCUT2D eigenvalue weighted by molar-refractivity contribution is -0.123. The first kappa shape index (κ1) is 20.6. The minimum atomic E-state index is -1.16. The van der Waals surface area contributed by atoms with Crippen LogP contribution in [0.3, 0.4) is 0 Å². The molecule has 28 heavy (non-hydrogen) atoms. The van der Waals surface area contributed by atoms with Gasteiger partial charge in [0.05, 0.1) is 10.7 Å². The van der Waals surface area contributed by atoms with E-state index in [1.165, 1.54) is 17.4 Å². The third-order valence-corrected chi connectivity index (χ3v) is 5.63. The number of benzene rings is 1. The normalized spacial score (nSPS) is 17.2. The van der Waals surface area contributed by atoms with Gasteiger partial charge in [-0.05, 0) is 50.2 Å². The van der Waals surface area contributed by atoms with Gasteiger partial charge in [0.2, 0.25) is 5.82 Å². The van der Waals surface area contributed by atoms with Gasteiger partial charge in [0, 0.05) is 24.2 Å². The summed E-state index contributed by atoms with van der Waals surface area (Å²) in [4.78, 5) is 15.9. The molecule has 1 unspecified atom stereocenters. The summed E-state index contributed by atoms with van der Waals surface area (Å²) in [6.45, 7) is 1.11. The maximum Gasteiger partial charge on any atom is 0.271 e. The van der Waals surface area contributed by atoms with Gasteiger partial charge in [0.25, 0.3) is 5.91 Å². The van der Waals surface area contributed by atoms with E-state index in [9.17, 15) is 13.6 Å². The zero-order valence-electron chi connectivity index (χ0n) is 15.4. The van der Waals surface area contributed by atoms with E-state index in [0.29, 0.717) is 17.2 Å². The minimum absolute atomic E-state index is 0.300. The van der Waals surface area contributed by atoms with Crippen molar-refractivity contribution in [3.63, 3.8) is 0 Å². The Morgan fingerprint density at radius 3 is 3.04 bits per heavy atom. The number of nitrogens with two attached hydrogens (primary N) is 1. The number of carbonyl (C=O) groups excluding carboxylic acids is 1. The Bertz CT molecular complexity index is 808. The molecule has 1 fully saturated rings. The quantitative estimate of drug-likeness (QED) is 0.415. The molecule has 2 aromatic rings. The number of hydrazine groups is 1. The highest BCUT2D eigenvalue weighted by Gasteiger charge is 2.20. The fraction of sp³-hybridized carbons (Fsp3) is 0.474. The van der Waals surface area contributed by atoms with Gasteiger partial charge in [-0.25, -0.2) is 15.2 Å². The molecule has 1 aromatic carbocycles. The van der Waals surface area contributed by atoms with Gasteiger partial charge in [-0.1, -0.05) is 0 Å². The van der Waals surface area contributed by atoms with E-state index in [-0.39, 0.29) is 5.75 Å². The number of hydrogen-bond donors (Lipinski definition) is 2. The number of hydrogen-bond acceptors (Lipinski definition) is 6. The van der Waals surface area contributed by atoms with Gasteiger partial charge >= 0.3 is 0 Å². The first-order valence-corrected chi connectivity index (χ1v) is 10.1. The number of aromatic nitrogens is 1. The summed E-state index contributed by atoms with van der Waals surface area (Å²) in [6.07, 6.45) is 5.14. The molecule has 1 atom stereocenters. The smallest absolute Gasteiger partial charge is 0.271 e. The number of nitrogens with zero attached hydrogens (tertiary/aromatic N) is 1. The molecule has 1 aliphatic heterocycles. The molecule has 0 aliphatic carbocycles. The Hall–Kier alpha value is -2.10. The van der Waals surface area contributed by atoms with E-state index in [1.54, 1.807) is 5.38 Å². The largest absolute Gasteiger partial charge is 0.480 e. The summed E-state index contributed by atoms with van der Waals surface area (Å²) in [5.41, 5.74) is 2.67. The van der Waals surface area contributed by atoms with Gasteiger partial charge in [0.15, 0.2) is 18.2 Å². The van der Waals surface area contributed by atoms with Crippen LogP contribution in [-0.4, -0.2) is 30.7 Å². The molecule has 152 valence electrons. The van der Waals surface area contributed by atoms with Crippen LogP contribution in [0.5, 0.6) is 5.75 Å². The fourth-order valence-electron chi connectivity index (χ4n) is 3.19. The molecule has 0 radical (unpaired) electrons. The van der Waals surface area contributed by atoms with Crippen LogP contribution >= 0.6 is 11.3 Å². The molecule has 1 aromatic heterocycles. The second-order valence-electron chi connectivity index (χ2n) is 6.67. The van der Waals surface area contributed by atoms with Crippen molar-refractivity contribution < 1.29 is 23.0 Å². The maximum atomic E-state index is 14.2. The van der Waals surface area contributed by atoms with E-state index in [4.69, 9.17) is 15.3 Å². The molecule has 0 saturated carbocycles. The number of ether oxygens (including phenoxy) is 2. The highest BCUT2D eigenvalue weighted by Crippen LogP contribution is 2.35. The Labute approximate surface area is 166 Å². The number of amides is 1. The molecular weight excluding hydrogens is 388 g/mol. The van der Waals surface area contributed by atoms with Gasteiger partial charge < -0.3 is 9.47 Å². The van der Waals surface area contributed by atoms with Crippen molar-refractivity contribution in [2.75, 3.05) is 19.8 Å². The van der Waals surface area contributed by atoms with E-state index < -0.39 is 24.1 Å². The van der Waals surface area contributed by atoms with Gasteiger partial charge in [-0.3, -0.25) is 10.2 Å². The molecule has 9 heteroatoms. The zero-order chi connectivity index (χ0) is 19.9. The number of halogens is 2. The molecule has 2 heterocycles. The van der Waals surface area contributed by atoms with Crippen LogP contribution in [0.25, 0.3) is 11.3 Å². The average molecular weight is 411 g/mol. The molecule has 3 N–H and O–H groups in total. The summed E-state index contributed by atoms with van der Waals surface area (Å²) in [5, 5.41) is 2.71. The lowest BCUT2D eigenvalue weighted by atomic mass is 9.95. The second-order valence-corrected chi connectivity index (χ2v) is 7.61. The van der Waals surface area contributed by atoms with Crippen LogP contribution in [0.2, 0.25) is 0 Å². The monoisotopic (exact) mass is 411 g/mol. The van der Waals surface area contributed by atoms with Crippen molar-refractivity contribution >= 4 is 17.2 Å². The first-order valence-electron chi connectivity index (χ1n) is 9.21. The van der Waals surface area contributed by atoms with E-state index in [2.05, 4.69) is 4.98 Å². The zero-order valence-corrected chi connectivity index (χ0v) is 16.2. The molecular formula is C19H23F2N3O3S. The second kappa shape index (κ2) is 9.90. The Morgan fingerprint density at radius 2 is 2.21 bits per heavy atom. The average Bonchev–Trinajstić information content (AvgIpc) is 3.01. The Morgan fingerprint density at radius 1 is 1.36 bits per heavy atom. The van der Waals surface area contributed by atoms with Crippen molar-refractivity contribution in [3.05, 3.63) is 34.2 Å². The van der Waals surface area contributed by atoms with E-state index in [1.807, 2.05) is 5.43 Å². The third-order valence-electron chi connectivity index (χ3n) is 4.72. The Balaban J connectivity index is 1.72. The predicted molar refractivity (Wildman–Crippen MR) is 102 cm³/mol. The topological polar surface area (TPSA) is 86.5 Å². The summed E-state index contributed by atoms with van der Waals surface area (Å²) >= 11 is 1.47. The first-order chi connectivity index (χ1) is 13.6. The van der Waals surface area contributed by atoms with Crippen LogP contribution in [0.15, 0.2) is 17.5 Å². The number of rotatable bonds is 7. The third kappa shape index (κ3) is 5.24. The highest BCUT2D eigenvalue weighted by atomic mass is 32.1. The van der Waals surface area contributed by atoms with E-state index >= 15 is 0 Å². The molecule has 3 rings (SSSR count). The SMILES string of the molecule is NNC(=O)COc1c(-c2csc(CCC3CCCOCC3)n2)ccc(F)c1F.